The van der Waals surface area contributed by atoms with Gasteiger partial charge in [0, 0.05) is 32.6 Å². The second-order valence-electron chi connectivity index (χ2n) is 14.1. The molecule has 0 amide bonds. The zero-order chi connectivity index (χ0) is 41.6. The molecule has 0 aliphatic heterocycles. The number of methoxy groups -OCH3 is 1. The molecule has 0 unspecified atom stereocenters. The van der Waals surface area contributed by atoms with Gasteiger partial charge in [-0.15, -0.1) is 0 Å². The number of hydrogen-bond donors (Lipinski definition) is 0. The second kappa shape index (κ2) is 21.5. The number of aryl methyl sites for hydroxylation is 1. The van der Waals surface area contributed by atoms with E-state index in [0.717, 1.165) is 49.3 Å². The molecule has 0 radical (unpaired) electrons. The molecule has 6 aromatic rings. The molecule has 0 saturated heterocycles. The maximum atomic E-state index is 13.4. The van der Waals surface area contributed by atoms with Crippen LogP contribution in [0.2, 0.25) is 0 Å². The normalized spacial score (nSPS) is 13.2. The summed E-state index contributed by atoms with van der Waals surface area (Å²) in [5.41, 5.74) is 3.86. The predicted octanol–water partition coefficient (Wildman–Crippen LogP) is 3.44. The van der Waals surface area contributed by atoms with E-state index in [-0.39, 0.29) is 87.2 Å². The van der Waals surface area contributed by atoms with E-state index in [9.17, 15) is 27.8 Å². The van der Waals surface area contributed by atoms with Crippen LogP contribution in [0.25, 0.3) is 0 Å². The molecule has 11 nitrogen and oxygen atoms in total. The quantitative estimate of drug-likeness (QED) is 0.0370. The van der Waals surface area contributed by atoms with Gasteiger partial charge in [-0.3, -0.25) is 14.6 Å². The van der Waals surface area contributed by atoms with Crippen LogP contribution in [0, 0.1) is 6.92 Å². The van der Waals surface area contributed by atoms with E-state index >= 15 is 0 Å². The van der Waals surface area contributed by atoms with Crippen LogP contribution in [-0.2, 0) is 24.9 Å². The summed E-state index contributed by atoms with van der Waals surface area (Å²) in [5, 5.41) is 13.7. The first-order valence-corrected chi connectivity index (χ1v) is 20.9. The van der Waals surface area contributed by atoms with Gasteiger partial charge in [-0.05, 0) is 134 Å². The molecular formula is C46H38Na2O11S2. The minimum Gasteiger partial charge on any atom is -0.744 e. The molecule has 1 saturated carbocycles. The molecule has 0 spiro atoms. The number of carbonyl (C=O) groups is 2. The number of carbonyl (C=O) groups excluding carboxylic acids is 2. The molecule has 0 atom stereocenters. The summed E-state index contributed by atoms with van der Waals surface area (Å²) in [5.74, 6) is 1.37. The number of ketones is 2. The zero-order valence-electron chi connectivity index (χ0n) is 34.0. The number of hydrogen-bond acceptors (Lipinski definition) is 12. The van der Waals surface area contributed by atoms with Gasteiger partial charge in [0.25, 0.3) is 0 Å². The monoisotopic (exact) mass is 876 g/mol. The average molecular weight is 877 g/mol. The summed E-state index contributed by atoms with van der Waals surface area (Å²) < 4.78 is 59.0. The molecule has 0 heterocycles. The van der Waals surface area contributed by atoms with Crippen molar-refractivity contribution in [2.24, 2.45) is 0 Å². The van der Waals surface area contributed by atoms with E-state index in [1.54, 1.807) is 80.8 Å². The molecule has 1 aliphatic carbocycles. The molecule has 61 heavy (non-hydrogen) atoms. The molecule has 15 heteroatoms. The van der Waals surface area contributed by atoms with Crippen molar-refractivity contribution in [1.29, 1.82) is 0 Å². The third-order valence-corrected chi connectivity index (χ3v) is 12.1. The van der Waals surface area contributed by atoms with Gasteiger partial charge in [0.05, 0.1) is 24.0 Å². The van der Waals surface area contributed by atoms with Gasteiger partial charge in [-0.1, -0.05) is 55.7 Å². The van der Waals surface area contributed by atoms with Crippen molar-refractivity contribution < 1.29 is 111 Å². The summed E-state index contributed by atoms with van der Waals surface area (Å²) in [6, 6.07) is 37.7. The molecule has 6 aromatic carbocycles. The molecule has 0 N–H and O–H groups in total. The minimum atomic E-state index is -5.06. The smallest absolute Gasteiger partial charge is 0.744 e. The minimum absolute atomic E-state index is 0. The summed E-state index contributed by atoms with van der Waals surface area (Å²) >= 11 is 0.627. The van der Waals surface area contributed by atoms with Crippen molar-refractivity contribution in [3.05, 3.63) is 172 Å². The van der Waals surface area contributed by atoms with Crippen molar-refractivity contribution in [2.45, 2.75) is 54.2 Å². The first-order valence-electron chi connectivity index (χ1n) is 18.7. The third-order valence-electron chi connectivity index (χ3n) is 10.5. The summed E-state index contributed by atoms with van der Waals surface area (Å²) in [6.07, 6.45) is 5.05. The van der Waals surface area contributed by atoms with Crippen LogP contribution >= 0.6 is 12.0 Å². The van der Waals surface area contributed by atoms with Gasteiger partial charge in [-0.25, -0.2) is 8.42 Å². The number of rotatable bonds is 15. The summed E-state index contributed by atoms with van der Waals surface area (Å²) in [4.78, 5) is 26.1. The fourth-order valence-corrected chi connectivity index (χ4v) is 8.51. The first kappa shape index (κ1) is 48.2. The van der Waals surface area contributed by atoms with Crippen LogP contribution in [0.4, 0.5) is 0 Å². The third kappa shape index (κ3) is 11.4. The fourth-order valence-electron chi connectivity index (χ4n) is 7.41. The second-order valence-corrected chi connectivity index (χ2v) is 16.2. The molecule has 0 aromatic heterocycles. The van der Waals surface area contributed by atoms with Gasteiger partial charge in [0.1, 0.15) is 38.9 Å². The van der Waals surface area contributed by atoms with Crippen molar-refractivity contribution in [3.63, 3.8) is 0 Å². The summed E-state index contributed by atoms with van der Waals surface area (Å²) in [7, 11) is -3.48. The SMILES string of the molecule is COc1ccc(C(=O)c2ccc(Oc3ccc(C4(c5ccc(Oc6ccc(C(=O)c7ccc(C)c(SOO[O-])c7)cc6S(=O)(=O)[O-])cc5)CCCCC4)cc3)cc2)cc1.[Na+].[Na+]. The number of ether oxygens (including phenoxy) is 3. The maximum absolute atomic E-state index is 13.4. The van der Waals surface area contributed by atoms with Crippen LogP contribution in [0.15, 0.2) is 143 Å². The molecular weight excluding hydrogens is 839 g/mol. The van der Waals surface area contributed by atoms with Crippen LogP contribution in [0.3, 0.4) is 0 Å². The van der Waals surface area contributed by atoms with Crippen LogP contribution < -0.4 is 78.6 Å². The van der Waals surface area contributed by atoms with Gasteiger partial charge in [-0.2, -0.15) is 4.33 Å². The predicted molar refractivity (Wildman–Crippen MR) is 217 cm³/mol. The largest absolute Gasteiger partial charge is 1.00 e. The Balaban J connectivity index is 0.00000352. The Hall–Kier alpha value is -3.80. The molecule has 7 rings (SSSR count). The fraction of sp³-hybridized carbons (Fsp3) is 0.174. The van der Waals surface area contributed by atoms with E-state index in [0.29, 0.717) is 56.6 Å². The molecule has 1 fully saturated rings. The Kier molecular flexibility index (Phi) is 17.0. The standard InChI is InChI=1S/C46H40O11S2.2Na/c1-30-6-7-33(28-42(30)58-57-56-49)45(48)34-12-25-41(43(29-34)59(50,51)52)55-40-23-15-36(16-24-40)46(26-4-3-5-27-46)35-13-21-39(22-14-35)54-38-19-10-32(11-20-38)44(47)31-8-17-37(53-2)18-9-31;;/h6-25,28-29,49H,3-5,26-27H2,1-2H3,(H,50,51,52);;/q;2*+1/p-2. The van der Waals surface area contributed by atoms with E-state index in [1.165, 1.54) is 24.3 Å². The van der Waals surface area contributed by atoms with Crippen LogP contribution in [0.5, 0.6) is 28.7 Å². The Morgan fingerprint density at radius 2 is 1.07 bits per heavy atom. The van der Waals surface area contributed by atoms with E-state index in [4.69, 9.17) is 14.2 Å². The van der Waals surface area contributed by atoms with Crippen LogP contribution in [0.1, 0.15) is 80.6 Å². The van der Waals surface area contributed by atoms with Gasteiger partial charge >= 0.3 is 59.1 Å². The van der Waals surface area contributed by atoms with Gasteiger partial charge < -0.3 is 24.0 Å². The summed E-state index contributed by atoms with van der Waals surface area (Å²) in [6.45, 7) is 1.74. The Morgan fingerprint density at radius 1 is 0.607 bits per heavy atom. The van der Waals surface area contributed by atoms with E-state index < -0.39 is 20.8 Å². The first-order chi connectivity index (χ1) is 28.5. The van der Waals surface area contributed by atoms with Crippen molar-refractivity contribution in [1.82, 2.24) is 0 Å². The van der Waals surface area contributed by atoms with Gasteiger partial charge in [0.15, 0.2) is 11.6 Å². The van der Waals surface area contributed by atoms with E-state index in [1.807, 2.05) is 24.3 Å². The topological polar surface area (TPSA) is 161 Å². The van der Waals surface area contributed by atoms with Crippen molar-refractivity contribution in [3.8, 4) is 28.7 Å². The Labute approximate surface area is 403 Å². The van der Waals surface area contributed by atoms with Crippen LogP contribution in [-0.4, -0.2) is 31.6 Å². The van der Waals surface area contributed by atoms with Gasteiger partial charge in [0.2, 0.25) is 0 Å². The molecule has 302 valence electrons. The zero-order valence-corrected chi connectivity index (χ0v) is 39.7. The molecule has 1 aliphatic rings. The number of benzene rings is 6. The maximum Gasteiger partial charge on any atom is 1.00 e. The van der Waals surface area contributed by atoms with Crippen molar-refractivity contribution >= 4 is 33.7 Å². The Bertz CT molecular complexity index is 2560. The Morgan fingerprint density at radius 3 is 1.59 bits per heavy atom. The average Bonchev–Trinajstić information content (AvgIpc) is 3.26. The van der Waals surface area contributed by atoms with Crippen molar-refractivity contribution in [2.75, 3.05) is 7.11 Å². The molecule has 0 bridgehead atoms. The van der Waals surface area contributed by atoms with E-state index in [2.05, 4.69) is 21.5 Å².